The summed E-state index contributed by atoms with van der Waals surface area (Å²) in [5.74, 6) is 0. The standard InChI is InChI=1S/C13H21NO2/c1-10(9-16-4)14(3)13-7-5-12(6-8-13)11(2)15/h5-8,10-11,15H,9H2,1-4H3/t10?,11-/m0/s1. The van der Waals surface area contributed by atoms with Crippen LogP contribution in [0.2, 0.25) is 0 Å². The lowest BCUT2D eigenvalue weighted by atomic mass is 10.1. The van der Waals surface area contributed by atoms with Crippen LogP contribution in [-0.4, -0.2) is 31.9 Å². The molecule has 0 saturated heterocycles. The van der Waals surface area contributed by atoms with E-state index in [0.717, 1.165) is 11.3 Å². The molecular weight excluding hydrogens is 202 g/mol. The molecule has 0 aliphatic carbocycles. The maximum Gasteiger partial charge on any atom is 0.0761 e. The highest BCUT2D eigenvalue weighted by atomic mass is 16.5. The van der Waals surface area contributed by atoms with E-state index in [9.17, 15) is 5.11 Å². The summed E-state index contributed by atoms with van der Waals surface area (Å²) in [5.41, 5.74) is 2.07. The van der Waals surface area contributed by atoms with Gasteiger partial charge in [-0.15, -0.1) is 0 Å². The summed E-state index contributed by atoms with van der Waals surface area (Å²) in [5, 5.41) is 9.41. The first-order valence-corrected chi connectivity index (χ1v) is 5.56. The fraction of sp³-hybridized carbons (Fsp3) is 0.538. The first-order valence-electron chi connectivity index (χ1n) is 5.56. The van der Waals surface area contributed by atoms with Crippen molar-refractivity contribution in [2.75, 3.05) is 25.7 Å². The largest absolute Gasteiger partial charge is 0.389 e. The first-order chi connectivity index (χ1) is 7.56. The molecule has 1 aromatic rings. The second-order valence-electron chi connectivity index (χ2n) is 4.18. The van der Waals surface area contributed by atoms with E-state index in [1.807, 2.05) is 31.3 Å². The smallest absolute Gasteiger partial charge is 0.0761 e. The predicted molar refractivity (Wildman–Crippen MR) is 66.8 cm³/mol. The SMILES string of the molecule is COCC(C)N(C)c1ccc([C@H](C)O)cc1. The normalized spacial score (nSPS) is 14.6. The average molecular weight is 223 g/mol. The lowest BCUT2D eigenvalue weighted by Gasteiger charge is -2.26. The lowest BCUT2D eigenvalue weighted by molar-refractivity contribution is 0.183. The fourth-order valence-corrected chi connectivity index (χ4v) is 1.60. The summed E-state index contributed by atoms with van der Waals surface area (Å²) in [4.78, 5) is 2.16. The van der Waals surface area contributed by atoms with Crippen molar-refractivity contribution in [1.29, 1.82) is 0 Å². The Labute approximate surface area is 97.7 Å². The number of anilines is 1. The Hall–Kier alpha value is -1.06. The number of aliphatic hydroxyl groups is 1. The average Bonchev–Trinajstić information content (AvgIpc) is 2.28. The zero-order chi connectivity index (χ0) is 12.1. The molecule has 0 amide bonds. The molecule has 1 rings (SSSR count). The molecular formula is C13H21NO2. The van der Waals surface area contributed by atoms with Crippen LogP contribution in [0.25, 0.3) is 0 Å². The van der Waals surface area contributed by atoms with Crippen molar-refractivity contribution in [3.05, 3.63) is 29.8 Å². The van der Waals surface area contributed by atoms with E-state index in [4.69, 9.17) is 4.74 Å². The van der Waals surface area contributed by atoms with Gasteiger partial charge in [0, 0.05) is 25.9 Å². The summed E-state index contributed by atoms with van der Waals surface area (Å²) < 4.78 is 5.13. The maximum absolute atomic E-state index is 9.41. The Morgan fingerprint density at radius 2 is 1.81 bits per heavy atom. The van der Waals surface area contributed by atoms with Crippen LogP contribution in [0.5, 0.6) is 0 Å². The molecule has 0 spiro atoms. The quantitative estimate of drug-likeness (QED) is 0.830. The zero-order valence-corrected chi connectivity index (χ0v) is 10.5. The van der Waals surface area contributed by atoms with Gasteiger partial charge < -0.3 is 14.7 Å². The van der Waals surface area contributed by atoms with Crippen molar-refractivity contribution in [2.24, 2.45) is 0 Å². The van der Waals surface area contributed by atoms with Gasteiger partial charge in [-0.05, 0) is 31.5 Å². The number of benzene rings is 1. The third-order valence-electron chi connectivity index (χ3n) is 2.85. The van der Waals surface area contributed by atoms with Crippen LogP contribution in [0.15, 0.2) is 24.3 Å². The van der Waals surface area contributed by atoms with Crippen molar-refractivity contribution >= 4 is 5.69 Å². The Kier molecular flexibility index (Phi) is 4.77. The molecule has 0 aliphatic rings. The van der Waals surface area contributed by atoms with Crippen LogP contribution in [0.3, 0.4) is 0 Å². The second kappa shape index (κ2) is 5.87. The highest BCUT2D eigenvalue weighted by Gasteiger charge is 2.09. The summed E-state index contributed by atoms with van der Waals surface area (Å²) in [6.07, 6.45) is -0.407. The van der Waals surface area contributed by atoms with Gasteiger partial charge in [-0.3, -0.25) is 0 Å². The van der Waals surface area contributed by atoms with Crippen molar-refractivity contribution in [3.8, 4) is 0 Å². The summed E-state index contributed by atoms with van der Waals surface area (Å²) in [7, 11) is 3.75. The predicted octanol–water partition coefficient (Wildman–Crippen LogP) is 2.21. The molecule has 0 fully saturated rings. The van der Waals surface area contributed by atoms with E-state index in [1.165, 1.54) is 0 Å². The van der Waals surface area contributed by atoms with E-state index in [1.54, 1.807) is 14.0 Å². The molecule has 0 bridgehead atoms. The van der Waals surface area contributed by atoms with Crippen LogP contribution >= 0.6 is 0 Å². The molecule has 0 aromatic heterocycles. The molecule has 90 valence electrons. The minimum atomic E-state index is -0.407. The Morgan fingerprint density at radius 3 is 2.25 bits per heavy atom. The van der Waals surface area contributed by atoms with Crippen molar-refractivity contribution in [2.45, 2.75) is 26.0 Å². The van der Waals surface area contributed by atoms with Crippen molar-refractivity contribution in [3.63, 3.8) is 0 Å². The van der Waals surface area contributed by atoms with Gasteiger partial charge in [0.15, 0.2) is 0 Å². The van der Waals surface area contributed by atoms with E-state index in [-0.39, 0.29) is 0 Å². The molecule has 1 unspecified atom stereocenters. The maximum atomic E-state index is 9.41. The van der Waals surface area contributed by atoms with Gasteiger partial charge in [0.25, 0.3) is 0 Å². The van der Waals surface area contributed by atoms with Gasteiger partial charge in [0.05, 0.1) is 12.7 Å². The van der Waals surface area contributed by atoms with E-state index in [0.29, 0.717) is 12.6 Å². The monoisotopic (exact) mass is 223 g/mol. The van der Waals surface area contributed by atoms with E-state index < -0.39 is 6.10 Å². The molecule has 0 radical (unpaired) electrons. The van der Waals surface area contributed by atoms with Gasteiger partial charge in [0.1, 0.15) is 0 Å². The first kappa shape index (κ1) is 13.0. The summed E-state index contributed by atoms with van der Waals surface area (Å²) in [6, 6.07) is 8.29. The number of hydrogen-bond acceptors (Lipinski definition) is 3. The van der Waals surface area contributed by atoms with Crippen molar-refractivity contribution in [1.82, 2.24) is 0 Å². The number of likely N-dealkylation sites (N-methyl/N-ethyl adjacent to an activating group) is 1. The molecule has 0 saturated carbocycles. The van der Waals surface area contributed by atoms with Gasteiger partial charge in [-0.2, -0.15) is 0 Å². The highest BCUT2D eigenvalue weighted by Crippen LogP contribution is 2.19. The molecule has 0 aliphatic heterocycles. The van der Waals surface area contributed by atoms with Crippen LogP contribution in [-0.2, 0) is 4.74 Å². The third kappa shape index (κ3) is 3.22. The Balaban J connectivity index is 2.73. The lowest BCUT2D eigenvalue weighted by Crippen LogP contribution is -2.32. The minimum absolute atomic E-state index is 0.336. The van der Waals surface area contributed by atoms with E-state index >= 15 is 0 Å². The number of aliphatic hydroxyl groups excluding tert-OH is 1. The zero-order valence-electron chi connectivity index (χ0n) is 10.5. The number of ether oxygens (including phenoxy) is 1. The molecule has 3 heteroatoms. The van der Waals surface area contributed by atoms with E-state index in [2.05, 4.69) is 11.8 Å². The molecule has 1 aromatic carbocycles. The molecule has 2 atom stereocenters. The highest BCUT2D eigenvalue weighted by molar-refractivity contribution is 5.48. The fourth-order valence-electron chi connectivity index (χ4n) is 1.60. The van der Waals surface area contributed by atoms with Crippen LogP contribution < -0.4 is 4.90 Å². The van der Waals surface area contributed by atoms with Crippen LogP contribution in [0.1, 0.15) is 25.5 Å². The number of hydrogen-bond donors (Lipinski definition) is 1. The Morgan fingerprint density at radius 1 is 1.25 bits per heavy atom. The minimum Gasteiger partial charge on any atom is -0.389 e. The second-order valence-corrected chi connectivity index (χ2v) is 4.18. The number of nitrogens with zero attached hydrogens (tertiary/aromatic N) is 1. The van der Waals surface area contributed by atoms with Gasteiger partial charge in [-0.25, -0.2) is 0 Å². The van der Waals surface area contributed by atoms with Crippen molar-refractivity contribution < 1.29 is 9.84 Å². The molecule has 3 nitrogen and oxygen atoms in total. The number of methoxy groups -OCH3 is 1. The van der Waals surface area contributed by atoms with Crippen LogP contribution in [0, 0.1) is 0 Å². The van der Waals surface area contributed by atoms with Gasteiger partial charge in [0.2, 0.25) is 0 Å². The van der Waals surface area contributed by atoms with Gasteiger partial charge >= 0.3 is 0 Å². The third-order valence-corrected chi connectivity index (χ3v) is 2.85. The van der Waals surface area contributed by atoms with Gasteiger partial charge in [-0.1, -0.05) is 12.1 Å². The summed E-state index contributed by atoms with van der Waals surface area (Å²) >= 11 is 0. The molecule has 16 heavy (non-hydrogen) atoms. The van der Waals surface area contributed by atoms with Crippen LogP contribution in [0.4, 0.5) is 5.69 Å². The molecule has 0 heterocycles. The topological polar surface area (TPSA) is 32.7 Å². The Bertz CT molecular complexity index is 308. The molecule has 1 N–H and O–H groups in total. The summed E-state index contributed by atoms with van der Waals surface area (Å²) in [6.45, 7) is 4.59. The number of rotatable bonds is 5.